The number of aromatic carboxylic acids is 1. The lowest BCUT2D eigenvalue weighted by molar-refractivity contribution is 0.0698. The summed E-state index contributed by atoms with van der Waals surface area (Å²) in [7, 11) is 0. The minimum atomic E-state index is -1.11. The number of hydrogen-bond donors (Lipinski definition) is 2. The topological polar surface area (TPSA) is 66.4 Å². The smallest absolute Gasteiger partial charge is 0.337 e. The van der Waals surface area contributed by atoms with Crippen molar-refractivity contribution in [1.29, 1.82) is 0 Å². The molecule has 0 atom stereocenters. The highest BCUT2D eigenvalue weighted by atomic mass is 79.9. The summed E-state index contributed by atoms with van der Waals surface area (Å²) in [6.45, 7) is 1.83. The number of carboxylic acid groups (broad SMARTS) is 1. The lowest BCUT2D eigenvalue weighted by Gasteiger charge is -2.10. The first-order chi connectivity index (χ1) is 9.88. The molecule has 21 heavy (non-hydrogen) atoms. The molecule has 0 saturated heterocycles. The van der Waals surface area contributed by atoms with E-state index < -0.39 is 11.9 Å². The normalized spacial score (nSPS) is 10.2. The van der Waals surface area contributed by atoms with Crippen molar-refractivity contribution in [1.82, 2.24) is 0 Å². The number of carboxylic acids is 1. The van der Waals surface area contributed by atoms with Crippen LogP contribution in [0.4, 0.5) is 5.69 Å². The molecule has 1 amide bonds. The molecule has 0 heterocycles. The third-order valence-electron chi connectivity index (χ3n) is 2.89. The molecule has 0 radical (unpaired) electrons. The molecule has 0 aliphatic carbocycles. The van der Waals surface area contributed by atoms with Crippen molar-refractivity contribution in [2.75, 3.05) is 5.32 Å². The number of anilines is 1. The highest BCUT2D eigenvalue weighted by Crippen LogP contribution is 2.23. The molecule has 0 aromatic heterocycles. The Bertz CT molecular complexity index is 731. The second-order valence-corrected chi connectivity index (χ2v) is 5.74. The van der Waals surface area contributed by atoms with Crippen LogP contribution in [-0.2, 0) is 0 Å². The number of carbonyl (C=O) groups excluding carboxylic acids is 1. The highest BCUT2D eigenvalue weighted by molar-refractivity contribution is 9.10. The summed E-state index contributed by atoms with van der Waals surface area (Å²) in [6, 6.07) is 9.47. The number of amides is 1. The van der Waals surface area contributed by atoms with Crippen molar-refractivity contribution in [3.63, 3.8) is 0 Å². The van der Waals surface area contributed by atoms with Gasteiger partial charge in [0.05, 0.1) is 11.3 Å². The molecule has 0 spiro atoms. The van der Waals surface area contributed by atoms with E-state index in [1.165, 1.54) is 12.1 Å². The van der Waals surface area contributed by atoms with Crippen molar-refractivity contribution in [3.05, 3.63) is 62.6 Å². The predicted octanol–water partition coefficient (Wildman–Crippen LogP) is 4.36. The van der Waals surface area contributed by atoms with E-state index in [-0.39, 0.29) is 11.3 Å². The number of aryl methyl sites for hydroxylation is 1. The lowest BCUT2D eigenvalue weighted by Crippen LogP contribution is -2.15. The van der Waals surface area contributed by atoms with Crippen LogP contribution >= 0.6 is 27.5 Å². The first kappa shape index (κ1) is 15.5. The maximum Gasteiger partial charge on any atom is 0.337 e. The summed E-state index contributed by atoms with van der Waals surface area (Å²) in [6.07, 6.45) is 0. The Hall–Kier alpha value is -1.85. The van der Waals surface area contributed by atoms with Gasteiger partial charge >= 0.3 is 5.97 Å². The van der Waals surface area contributed by atoms with Crippen LogP contribution in [0.3, 0.4) is 0 Å². The van der Waals surface area contributed by atoms with Gasteiger partial charge in [-0.2, -0.15) is 0 Å². The second kappa shape index (κ2) is 6.28. The van der Waals surface area contributed by atoms with Gasteiger partial charge in [-0.1, -0.05) is 33.6 Å². The zero-order chi connectivity index (χ0) is 15.6. The Labute approximate surface area is 134 Å². The first-order valence-electron chi connectivity index (χ1n) is 5.99. The first-order valence-corrected chi connectivity index (χ1v) is 7.16. The van der Waals surface area contributed by atoms with E-state index in [4.69, 9.17) is 16.7 Å². The molecule has 2 aromatic rings. The molecule has 2 rings (SSSR count). The fourth-order valence-corrected chi connectivity index (χ4v) is 2.28. The van der Waals surface area contributed by atoms with Crippen LogP contribution in [0, 0.1) is 6.92 Å². The monoisotopic (exact) mass is 367 g/mol. The molecule has 0 unspecified atom stereocenters. The maximum absolute atomic E-state index is 12.2. The van der Waals surface area contributed by atoms with Crippen molar-refractivity contribution >= 4 is 45.1 Å². The van der Waals surface area contributed by atoms with Gasteiger partial charge in [-0.15, -0.1) is 0 Å². The van der Waals surface area contributed by atoms with Gasteiger partial charge in [0.15, 0.2) is 0 Å². The quantitative estimate of drug-likeness (QED) is 0.846. The second-order valence-electron chi connectivity index (χ2n) is 4.41. The molecular formula is C15H11BrClNO3. The summed E-state index contributed by atoms with van der Waals surface area (Å²) in [5, 5.41) is 12.2. The van der Waals surface area contributed by atoms with Gasteiger partial charge in [0.1, 0.15) is 0 Å². The summed E-state index contributed by atoms with van der Waals surface area (Å²) in [5.41, 5.74) is 1.46. The van der Waals surface area contributed by atoms with Crippen molar-refractivity contribution < 1.29 is 14.7 Å². The van der Waals surface area contributed by atoms with E-state index in [0.29, 0.717) is 15.1 Å². The molecule has 0 bridgehead atoms. The van der Waals surface area contributed by atoms with Crippen LogP contribution in [0.2, 0.25) is 5.02 Å². The highest BCUT2D eigenvalue weighted by Gasteiger charge is 2.14. The third kappa shape index (κ3) is 3.62. The summed E-state index contributed by atoms with van der Waals surface area (Å²) >= 11 is 9.23. The van der Waals surface area contributed by atoms with Crippen LogP contribution < -0.4 is 5.32 Å². The van der Waals surface area contributed by atoms with E-state index in [1.807, 2.05) is 6.92 Å². The largest absolute Gasteiger partial charge is 0.478 e. The number of benzene rings is 2. The van der Waals surface area contributed by atoms with E-state index in [2.05, 4.69) is 21.2 Å². The Morgan fingerprint density at radius 3 is 2.52 bits per heavy atom. The van der Waals surface area contributed by atoms with Crippen molar-refractivity contribution in [2.45, 2.75) is 6.92 Å². The molecule has 0 saturated carbocycles. The molecule has 2 aromatic carbocycles. The van der Waals surface area contributed by atoms with Gasteiger partial charge in [0, 0.05) is 15.1 Å². The van der Waals surface area contributed by atoms with Crippen LogP contribution in [0.15, 0.2) is 40.9 Å². The maximum atomic E-state index is 12.2. The van der Waals surface area contributed by atoms with Crippen LogP contribution in [-0.4, -0.2) is 17.0 Å². The van der Waals surface area contributed by atoms with Crippen LogP contribution in [0.25, 0.3) is 0 Å². The summed E-state index contributed by atoms with van der Waals surface area (Å²) < 4.78 is 0.671. The van der Waals surface area contributed by atoms with Gasteiger partial charge in [-0.3, -0.25) is 4.79 Å². The number of halogens is 2. The molecule has 4 nitrogen and oxygen atoms in total. The number of carbonyl (C=O) groups is 2. The van der Waals surface area contributed by atoms with Gasteiger partial charge < -0.3 is 10.4 Å². The fraction of sp³-hybridized carbons (Fsp3) is 0.0667. The molecule has 0 fully saturated rings. The lowest BCUT2D eigenvalue weighted by atomic mass is 10.1. The van der Waals surface area contributed by atoms with Gasteiger partial charge in [0.2, 0.25) is 0 Å². The van der Waals surface area contributed by atoms with E-state index >= 15 is 0 Å². The van der Waals surface area contributed by atoms with Crippen LogP contribution in [0.5, 0.6) is 0 Å². The molecule has 6 heteroatoms. The molecule has 0 aliphatic rings. The predicted molar refractivity (Wildman–Crippen MR) is 85.2 cm³/mol. The Morgan fingerprint density at radius 1 is 1.19 bits per heavy atom. The average Bonchev–Trinajstić information content (AvgIpc) is 2.41. The zero-order valence-electron chi connectivity index (χ0n) is 11.0. The number of nitrogens with one attached hydrogen (secondary N) is 1. The van der Waals surface area contributed by atoms with Gasteiger partial charge in [-0.25, -0.2) is 4.79 Å². The van der Waals surface area contributed by atoms with Crippen LogP contribution in [0.1, 0.15) is 26.3 Å². The van der Waals surface area contributed by atoms with E-state index in [9.17, 15) is 9.59 Å². The number of rotatable bonds is 3. The Kier molecular flexibility index (Phi) is 4.65. The van der Waals surface area contributed by atoms with E-state index in [1.54, 1.807) is 24.3 Å². The summed E-state index contributed by atoms with van der Waals surface area (Å²) in [4.78, 5) is 23.3. The minimum Gasteiger partial charge on any atom is -0.478 e. The molecular weight excluding hydrogens is 358 g/mol. The van der Waals surface area contributed by atoms with Gasteiger partial charge in [-0.05, 0) is 42.8 Å². The van der Waals surface area contributed by atoms with Gasteiger partial charge in [0.25, 0.3) is 5.91 Å². The van der Waals surface area contributed by atoms with E-state index in [0.717, 1.165) is 5.56 Å². The standard InChI is InChI=1S/C15H11BrClNO3/c1-8-2-3-9(6-12(8)17)14(19)18-13-7-10(16)4-5-11(13)15(20)21/h2-7H,1H3,(H,18,19)(H,20,21). The molecule has 2 N–H and O–H groups in total. The fourth-order valence-electron chi connectivity index (χ4n) is 1.73. The number of hydrogen-bond acceptors (Lipinski definition) is 2. The zero-order valence-corrected chi connectivity index (χ0v) is 13.3. The van der Waals surface area contributed by atoms with Crippen molar-refractivity contribution in [2.24, 2.45) is 0 Å². The third-order valence-corrected chi connectivity index (χ3v) is 3.79. The SMILES string of the molecule is Cc1ccc(C(=O)Nc2cc(Br)ccc2C(=O)O)cc1Cl. The average molecular weight is 369 g/mol. The molecule has 0 aliphatic heterocycles. The van der Waals surface area contributed by atoms with Crippen molar-refractivity contribution in [3.8, 4) is 0 Å². The summed E-state index contributed by atoms with van der Waals surface area (Å²) in [5.74, 6) is -1.53. The Balaban J connectivity index is 2.33. The molecule has 108 valence electrons. The minimum absolute atomic E-state index is 0.0183. The Morgan fingerprint density at radius 2 is 1.90 bits per heavy atom.